The first kappa shape index (κ1) is 9.65. The molecule has 0 unspecified atom stereocenters. The third kappa shape index (κ3) is 1.36. The first-order valence-corrected chi connectivity index (χ1v) is 4.55. The van der Waals surface area contributed by atoms with Crippen LogP contribution >= 0.6 is 0 Å². The lowest BCUT2D eigenvalue weighted by atomic mass is 10.1. The van der Waals surface area contributed by atoms with E-state index in [0.717, 1.165) is 5.56 Å². The number of aromatic nitrogens is 1. The summed E-state index contributed by atoms with van der Waals surface area (Å²) in [6.07, 6.45) is 3.23. The number of rotatable bonds is 1. The van der Waals surface area contributed by atoms with Gasteiger partial charge in [-0.2, -0.15) is 0 Å². The fraction of sp³-hybridized carbons (Fsp3) is 0.0833. The van der Waals surface area contributed by atoms with Crippen LogP contribution in [0.2, 0.25) is 0 Å². The summed E-state index contributed by atoms with van der Waals surface area (Å²) in [4.78, 5) is 11.7. The van der Waals surface area contributed by atoms with Gasteiger partial charge in [-0.1, -0.05) is 18.7 Å². The van der Waals surface area contributed by atoms with Crippen molar-refractivity contribution < 1.29 is 4.39 Å². The molecule has 0 saturated carbocycles. The Morgan fingerprint density at radius 1 is 1.40 bits per heavy atom. The Kier molecular flexibility index (Phi) is 2.15. The van der Waals surface area contributed by atoms with E-state index in [1.165, 1.54) is 10.6 Å². The lowest BCUT2D eigenvalue weighted by molar-refractivity contribution is 0.637. The Morgan fingerprint density at radius 2 is 2.13 bits per heavy atom. The largest absolute Gasteiger partial charge is 0.318 e. The highest BCUT2D eigenvalue weighted by molar-refractivity contribution is 5.90. The normalized spacial score (nSPS) is 10.5. The van der Waals surface area contributed by atoms with Gasteiger partial charge >= 0.3 is 0 Å². The molecule has 2 aromatic rings. The summed E-state index contributed by atoms with van der Waals surface area (Å²) in [6, 6.07) is 4.63. The molecule has 1 aromatic carbocycles. The second kappa shape index (κ2) is 3.35. The lowest BCUT2D eigenvalue weighted by Crippen LogP contribution is -2.16. The number of pyridine rings is 1. The number of fused-ring (bicyclic) bond motifs is 1. The zero-order valence-electron chi connectivity index (χ0n) is 8.33. The fourth-order valence-corrected chi connectivity index (χ4v) is 1.61. The zero-order valence-corrected chi connectivity index (χ0v) is 8.33. The minimum atomic E-state index is -0.489. The topological polar surface area (TPSA) is 22.0 Å². The van der Waals surface area contributed by atoms with E-state index in [1.54, 1.807) is 31.5 Å². The van der Waals surface area contributed by atoms with Crippen LogP contribution in [0.4, 0.5) is 4.39 Å². The van der Waals surface area contributed by atoms with Crippen LogP contribution in [0.25, 0.3) is 16.8 Å². The van der Waals surface area contributed by atoms with E-state index in [1.807, 2.05) is 0 Å². The van der Waals surface area contributed by atoms with Crippen LogP contribution in [0.5, 0.6) is 0 Å². The predicted molar refractivity (Wildman–Crippen MR) is 59.2 cm³/mol. The molecule has 0 aliphatic carbocycles. The molecule has 0 amide bonds. The van der Waals surface area contributed by atoms with Crippen LogP contribution in [0.15, 0.2) is 35.8 Å². The average molecular weight is 203 g/mol. The first-order chi connectivity index (χ1) is 7.15. The number of benzene rings is 1. The minimum absolute atomic E-state index is 0.123. The van der Waals surface area contributed by atoms with Crippen molar-refractivity contribution in [2.45, 2.75) is 0 Å². The number of hydrogen-bond acceptors (Lipinski definition) is 1. The molecule has 0 fully saturated rings. The Labute approximate surface area is 86.3 Å². The third-order valence-electron chi connectivity index (χ3n) is 2.45. The molecular weight excluding hydrogens is 193 g/mol. The molecule has 76 valence electrons. The van der Waals surface area contributed by atoms with Gasteiger partial charge in [-0.05, 0) is 23.1 Å². The van der Waals surface area contributed by atoms with Crippen LogP contribution < -0.4 is 5.56 Å². The van der Waals surface area contributed by atoms with E-state index >= 15 is 0 Å². The van der Waals surface area contributed by atoms with Crippen molar-refractivity contribution in [2.75, 3.05) is 0 Å². The minimum Gasteiger partial charge on any atom is -0.318 e. The summed E-state index contributed by atoms with van der Waals surface area (Å²) >= 11 is 0. The summed E-state index contributed by atoms with van der Waals surface area (Å²) in [5.74, 6) is -0.489. The van der Waals surface area contributed by atoms with E-state index in [2.05, 4.69) is 6.58 Å². The summed E-state index contributed by atoms with van der Waals surface area (Å²) in [6.45, 7) is 3.63. The summed E-state index contributed by atoms with van der Waals surface area (Å²) < 4.78 is 14.9. The number of halogens is 1. The maximum Gasteiger partial charge on any atom is 0.261 e. The quantitative estimate of drug-likeness (QED) is 0.697. The van der Waals surface area contributed by atoms with E-state index in [4.69, 9.17) is 0 Å². The van der Waals surface area contributed by atoms with Gasteiger partial charge < -0.3 is 4.57 Å². The Balaban J connectivity index is 3.07. The van der Waals surface area contributed by atoms with Crippen molar-refractivity contribution in [1.82, 2.24) is 4.57 Å². The van der Waals surface area contributed by atoms with Gasteiger partial charge in [0, 0.05) is 13.2 Å². The van der Waals surface area contributed by atoms with Gasteiger partial charge in [0.2, 0.25) is 0 Å². The first-order valence-electron chi connectivity index (χ1n) is 4.55. The molecule has 1 heterocycles. The molecule has 0 atom stereocenters. The van der Waals surface area contributed by atoms with Crippen LogP contribution in [0.3, 0.4) is 0 Å². The zero-order chi connectivity index (χ0) is 11.0. The van der Waals surface area contributed by atoms with Crippen molar-refractivity contribution in [3.05, 3.63) is 52.7 Å². The van der Waals surface area contributed by atoms with Crippen LogP contribution in [-0.4, -0.2) is 4.57 Å². The second-order valence-corrected chi connectivity index (χ2v) is 3.36. The summed E-state index contributed by atoms with van der Waals surface area (Å²) in [5.41, 5.74) is 0.442. The van der Waals surface area contributed by atoms with Crippen molar-refractivity contribution in [1.29, 1.82) is 0 Å². The van der Waals surface area contributed by atoms with Crippen LogP contribution in [0, 0.1) is 5.82 Å². The molecule has 0 aliphatic heterocycles. The maximum atomic E-state index is 13.5. The molecule has 0 radical (unpaired) electrons. The van der Waals surface area contributed by atoms with Gasteiger partial charge in [-0.3, -0.25) is 4.79 Å². The highest BCUT2D eigenvalue weighted by atomic mass is 19.1. The predicted octanol–water partition coefficient (Wildman–Crippen LogP) is 2.32. The molecule has 15 heavy (non-hydrogen) atoms. The molecular formula is C12H10FNO. The molecule has 2 rings (SSSR count). The van der Waals surface area contributed by atoms with Crippen LogP contribution in [0.1, 0.15) is 5.56 Å². The van der Waals surface area contributed by atoms with Crippen LogP contribution in [-0.2, 0) is 7.05 Å². The van der Waals surface area contributed by atoms with E-state index in [-0.39, 0.29) is 10.9 Å². The maximum absolute atomic E-state index is 13.5. The molecule has 0 bridgehead atoms. The van der Waals surface area contributed by atoms with E-state index in [0.29, 0.717) is 5.39 Å². The Bertz CT molecular complexity index is 598. The highest BCUT2D eigenvalue weighted by Crippen LogP contribution is 2.19. The smallest absolute Gasteiger partial charge is 0.261 e. The second-order valence-electron chi connectivity index (χ2n) is 3.36. The monoisotopic (exact) mass is 203 g/mol. The Hall–Kier alpha value is -1.90. The van der Waals surface area contributed by atoms with Crippen molar-refractivity contribution >= 4 is 16.8 Å². The van der Waals surface area contributed by atoms with E-state index < -0.39 is 5.82 Å². The summed E-state index contributed by atoms with van der Waals surface area (Å²) in [5, 5.41) is 0.727. The van der Waals surface area contributed by atoms with Gasteiger partial charge in [0.15, 0.2) is 0 Å². The SMILES string of the molecule is C=Cc1ccc(F)c2c(=O)n(C)ccc12. The average Bonchev–Trinajstić information content (AvgIpc) is 2.24. The van der Waals surface area contributed by atoms with Crippen molar-refractivity contribution in [3.63, 3.8) is 0 Å². The third-order valence-corrected chi connectivity index (χ3v) is 2.45. The van der Waals surface area contributed by atoms with E-state index in [9.17, 15) is 9.18 Å². The number of nitrogens with zero attached hydrogens (tertiary/aromatic N) is 1. The molecule has 0 aliphatic rings. The Morgan fingerprint density at radius 3 is 2.80 bits per heavy atom. The molecule has 0 saturated heterocycles. The molecule has 0 N–H and O–H groups in total. The molecule has 0 spiro atoms. The summed E-state index contributed by atoms with van der Waals surface area (Å²) in [7, 11) is 1.60. The molecule has 2 nitrogen and oxygen atoms in total. The van der Waals surface area contributed by atoms with Gasteiger partial charge in [0.1, 0.15) is 5.82 Å². The van der Waals surface area contributed by atoms with Gasteiger partial charge in [-0.25, -0.2) is 4.39 Å². The molecule has 3 heteroatoms. The fourth-order valence-electron chi connectivity index (χ4n) is 1.61. The number of hydrogen-bond donors (Lipinski definition) is 0. The van der Waals surface area contributed by atoms with Crippen molar-refractivity contribution in [2.24, 2.45) is 7.05 Å². The van der Waals surface area contributed by atoms with Gasteiger partial charge in [-0.15, -0.1) is 0 Å². The van der Waals surface area contributed by atoms with Gasteiger partial charge in [0.25, 0.3) is 5.56 Å². The number of aryl methyl sites for hydroxylation is 1. The molecule has 1 aromatic heterocycles. The van der Waals surface area contributed by atoms with Crippen molar-refractivity contribution in [3.8, 4) is 0 Å². The lowest BCUT2D eigenvalue weighted by Gasteiger charge is -2.04. The highest BCUT2D eigenvalue weighted by Gasteiger charge is 2.08. The standard InChI is InChI=1S/C12H10FNO/c1-3-8-4-5-10(13)11-9(8)6-7-14(2)12(11)15/h3-7H,1H2,2H3. The van der Waals surface area contributed by atoms with Gasteiger partial charge in [0.05, 0.1) is 5.39 Å².